The standard InChI is InChI=1S/C6H11N3O/c1-9(2)6(10)3-5(8)4-7/h5H,3,8H2,1-2H3. The lowest BCUT2D eigenvalue weighted by Crippen LogP contribution is -2.29. The normalized spacial score (nSPS) is 11.8. The molecule has 0 spiro atoms. The van der Waals surface area contributed by atoms with E-state index in [1.807, 2.05) is 0 Å². The molecule has 10 heavy (non-hydrogen) atoms. The van der Waals surface area contributed by atoms with Crippen LogP contribution < -0.4 is 5.73 Å². The molecule has 0 rings (SSSR count). The highest BCUT2D eigenvalue weighted by Gasteiger charge is 2.08. The summed E-state index contributed by atoms with van der Waals surface area (Å²) < 4.78 is 0. The van der Waals surface area contributed by atoms with Crippen LogP contribution in [0.3, 0.4) is 0 Å². The molecule has 4 nitrogen and oxygen atoms in total. The molecule has 0 bridgehead atoms. The Kier molecular flexibility index (Phi) is 3.44. The van der Waals surface area contributed by atoms with E-state index in [0.717, 1.165) is 0 Å². The Morgan fingerprint density at radius 1 is 1.80 bits per heavy atom. The number of hydrogen-bond acceptors (Lipinski definition) is 3. The van der Waals surface area contributed by atoms with Crippen LogP contribution in [0, 0.1) is 11.3 Å². The number of nitrogens with two attached hydrogens (primary N) is 1. The van der Waals surface area contributed by atoms with Crippen molar-refractivity contribution in [1.29, 1.82) is 5.26 Å². The first-order valence-electron chi connectivity index (χ1n) is 2.93. The third-order valence-corrected chi connectivity index (χ3v) is 1.06. The van der Waals surface area contributed by atoms with Gasteiger partial charge in [0.15, 0.2) is 0 Å². The summed E-state index contributed by atoms with van der Waals surface area (Å²) in [7, 11) is 3.26. The van der Waals surface area contributed by atoms with Crippen molar-refractivity contribution < 1.29 is 4.79 Å². The first kappa shape index (κ1) is 8.92. The highest BCUT2D eigenvalue weighted by molar-refractivity contribution is 5.76. The van der Waals surface area contributed by atoms with E-state index < -0.39 is 6.04 Å². The topological polar surface area (TPSA) is 70.1 Å². The van der Waals surface area contributed by atoms with E-state index in [1.54, 1.807) is 20.2 Å². The summed E-state index contributed by atoms with van der Waals surface area (Å²) >= 11 is 0. The van der Waals surface area contributed by atoms with Gasteiger partial charge in [0.2, 0.25) is 5.91 Å². The van der Waals surface area contributed by atoms with Gasteiger partial charge in [-0.3, -0.25) is 4.79 Å². The van der Waals surface area contributed by atoms with Crippen LogP contribution in [-0.4, -0.2) is 30.9 Å². The molecule has 0 saturated carbocycles. The largest absolute Gasteiger partial charge is 0.349 e. The maximum Gasteiger partial charge on any atom is 0.224 e. The maximum atomic E-state index is 10.8. The Balaban J connectivity index is 3.71. The van der Waals surface area contributed by atoms with Gasteiger partial charge in [-0.2, -0.15) is 5.26 Å². The SMILES string of the molecule is CN(C)C(=O)CC(N)C#N. The van der Waals surface area contributed by atoms with Crippen molar-refractivity contribution in [2.75, 3.05) is 14.1 Å². The molecule has 0 heterocycles. The molecule has 1 unspecified atom stereocenters. The Morgan fingerprint density at radius 3 is 2.60 bits per heavy atom. The van der Waals surface area contributed by atoms with Crippen LogP contribution in [0.15, 0.2) is 0 Å². The van der Waals surface area contributed by atoms with Gasteiger partial charge in [0.1, 0.15) is 6.04 Å². The smallest absolute Gasteiger partial charge is 0.224 e. The van der Waals surface area contributed by atoms with E-state index in [1.165, 1.54) is 4.90 Å². The second-order valence-electron chi connectivity index (χ2n) is 2.23. The average Bonchev–Trinajstić information content (AvgIpc) is 1.87. The fraction of sp³-hybridized carbons (Fsp3) is 0.667. The summed E-state index contributed by atoms with van der Waals surface area (Å²) in [4.78, 5) is 12.2. The number of carbonyl (C=O) groups is 1. The molecule has 0 fully saturated rings. The number of hydrogen-bond donors (Lipinski definition) is 1. The summed E-state index contributed by atoms with van der Waals surface area (Å²) in [6.45, 7) is 0. The van der Waals surface area contributed by atoms with Gasteiger partial charge in [0.05, 0.1) is 12.5 Å². The third kappa shape index (κ3) is 3.05. The van der Waals surface area contributed by atoms with Crippen molar-refractivity contribution >= 4 is 5.91 Å². The molecule has 0 saturated heterocycles. The van der Waals surface area contributed by atoms with Crippen LogP contribution in [0.2, 0.25) is 0 Å². The lowest BCUT2D eigenvalue weighted by atomic mass is 10.2. The Bertz CT molecular complexity index is 159. The van der Waals surface area contributed by atoms with Crippen molar-refractivity contribution in [3.8, 4) is 6.07 Å². The van der Waals surface area contributed by atoms with Gasteiger partial charge in [0.25, 0.3) is 0 Å². The van der Waals surface area contributed by atoms with Gasteiger partial charge in [0, 0.05) is 14.1 Å². The van der Waals surface area contributed by atoms with E-state index in [2.05, 4.69) is 0 Å². The lowest BCUT2D eigenvalue weighted by Gasteiger charge is -2.09. The van der Waals surface area contributed by atoms with Crippen LogP contribution in [0.25, 0.3) is 0 Å². The summed E-state index contributed by atoms with van der Waals surface area (Å²) in [5.74, 6) is -0.117. The minimum absolute atomic E-state index is 0.101. The van der Waals surface area contributed by atoms with Crippen molar-refractivity contribution in [2.24, 2.45) is 5.73 Å². The van der Waals surface area contributed by atoms with E-state index in [4.69, 9.17) is 11.0 Å². The van der Waals surface area contributed by atoms with Crippen molar-refractivity contribution in [3.05, 3.63) is 0 Å². The van der Waals surface area contributed by atoms with E-state index in [0.29, 0.717) is 0 Å². The number of nitriles is 1. The minimum Gasteiger partial charge on any atom is -0.349 e. The fourth-order valence-corrected chi connectivity index (χ4v) is 0.416. The predicted octanol–water partition coefficient (Wildman–Crippen LogP) is -0.684. The molecule has 0 aliphatic carbocycles. The maximum absolute atomic E-state index is 10.8. The Morgan fingerprint density at radius 2 is 2.30 bits per heavy atom. The minimum atomic E-state index is -0.671. The van der Waals surface area contributed by atoms with Gasteiger partial charge in [-0.05, 0) is 0 Å². The van der Waals surface area contributed by atoms with E-state index in [9.17, 15) is 4.79 Å². The van der Waals surface area contributed by atoms with Crippen molar-refractivity contribution in [2.45, 2.75) is 12.5 Å². The number of rotatable bonds is 2. The summed E-state index contributed by atoms with van der Waals surface area (Å²) in [5.41, 5.74) is 5.20. The molecule has 0 radical (unpaired) electrons. The zero-order chi connectivity index (χ0) is 8.15. The van der Waals surface area contributed by atoms with Crippen LogP contribution in [0.5, 0.6) is 0 Å². The Hall–Kier alpha value is -1.08. The first-order valence-corrected chi connectivity index (χ1v) is 2.93. The molecule has 56 valence electrons. The molecule has 1 amide bonds. The highest BCUT2D eigenvalue weighted by Crippen LogP contribution is 1.89. The molecular formula is C6H11N3O. The molecule has 1 atom stereocenters. The molecule has 0 aliphatic heterocycles. The zero-order valence-corrected chi connectivity index (χ0v) is 6.16. The number of nitrogens with zero attached hydrogens (tertiary/aromatic N) is 2. The van der Waals surface area contributed by atoms with Crippen molar-refractivity contribution in [1.82, 2.24) is 4.90 Å². The molecule has 2 N–H and O–H groups in total. The molecule has 0 aromatic heterocycles. The van der Waals surface area contributed by atoms with Crippen LogP contribution in [0.1, 0.15) is 6.42 Å². The lowest BCUT2D eigenvalue weighted by molar-refractivity contribution is -0.128. The van der Waals surface area contributed by atoms with Gasteiger partial charge >= 0.3 is 0 Å². The van der Waals surface area contributed by atoms with Crippen LogP contribution >= 0.6 is 0 Å². The zero-order valence-electron chi connectivity index (χ0n) is 6.16. The summed E-state index contributed by atoms with van der Waals surface area (Å²) in [6, 6.07) is 1.11. The third-order valence-electron chi connectivity index (χ3n) is 1.06. The van der Waals surface area contributed by atoms with Gasteiger partial charge in [-0.15, -0.1) is 0 Å². The van der Waals surface area contributed by atoms with Crippen LogP contribution in [-0.2, 0) is 4.79 Å². The van der Waals surface area contributed by atoms with Crippen molar-refractivity contribution in [3.63, 3.8) is 0 Å². The molecule has 0 aliphatic rings. The predicted molar refractivity (Wildman–Crippen MR) is 36.9 cm³/mol. The summed E-state index contributed by atoms with van der Waals surface area (Å²) in [6.07, 6.45) is 0.101. The number of amides is 1. The monoisotopic (exact) mass is 141 g/mol. The fourth-order valence-electron chi connectivity index (χ4n) is 0.416. The Labute approximate surface area is 60.2 Å². The summed E-state index contributed by atoms with van der Waals surface area (Å²) in [5, 5.41) is 8.22. The first-order chi connectivity index (χ1) is 4.57. The van der Waals surface area contributed by atoms with Crippen LogP contribution in [0.4, 0.5) is 0 Å². The molecule has 4 heteroatoms. The van der Waals surface area contributed by atoms with Gasteiger partial charge < -0.3 is 10.6 Å². The molecule has 0 aromatic rings. The average molecular weight is 141 g/mol. The second-order valence-corrected chi connectivity index (χ2v) is 2.23. The van der Waals surface area contributed by atoms with E-state index >= 15 is 0 Å². The highest BCUT2D eigenvalue weighted by atomic mass is 16.2. The second kappa shape index (κ2) is 3.85. The van der Waals surface area contributed by atoms with Gasteiger partial charge in [-0.25, -0.2) is 0 Å². The van der Waals surface area contributed by atoms with Gasteiger partial charge in [-0.1, -0.05) is 0 Å². The van der Waals surface area contributed by atoms with E-state index in [-0.39, 0.29) is 12.3 Å². The molecular weight excluding hydrogens is 130 g/mol. The number of carbonyl (C=O) groups excluding carboxylic acids is 1. The molecule has 0 aromatic carbocycles. The quantitative estimate of drug-likeness (QED) is 0.553.